The lowest BCUT2D eigenvalue weighted by Crippen LogP contribution is -2.24. The van der Waals surface area contributed by atoms with Crippen molar-refractivity contribution in [3.05, 3.63) is 48.2 Å². The minimum atomic E-state index is -4.87. The molecule has 0 bridgehead atoms. The quantitative estimate of drug-likeness (QED) is 0.128. The van der Waals surface area contributed by atoms with Gasteiger partial charge in [0, 0.05) is 18.8 Å². The number of hydrogen-bond acceptors (Lipinski definition) is 11. The predicted molar refractivity (Wildman–Crippen MR) is 142 cm³/mol. The van der Waals surface area contributed by atoms with Gasteiger partial charge in [0.2, 0.25) is 5.95 Å². The zero-order chi connectivity index (χ0) is 29.2. The van der Waals surface area contributed by atoms with Crippen molar-refractivity contribution in [1.82, 2.24) is 9.97 Å². The summed E-state index contributed by atoms with van der Waals surface area (Å²) in [5.74, 6) is 0.312. The van der Waals surface area contributed by atoms with Gasteiger partial charge in [0.05, 0.1) is 15.9 Å². The first-order valence-electron chi connectivity index (χ1n) is 11.1. The van der Waals surface area contributed by atoms with Crippen LogP contribution in [0.2, 0.25) is 0 Å². The molecule has 0 unspecified atom stereocenters. The van der Waals surface area contributed by atoms with Crippen LogP contribution in [-0.2, 0) is 24.8 Å². The number of azo groups is 1. The lowest BCUT2D eigenvalue weighted by Gasteiger charge is -2.21. The molecule has 0 spiro atoms. The fraction of sp³-hybridized carbons (Fsp3) is 0.238. The van der Waals surface area contributed by atoms with E-state index in [2.05, 4.69) is 25.5 Å². The molecule has 5 N–H and O–H groups in total. The monoisotopic (exact) mass is 600 g/mol. The Balaban J connectivity index is 2.21. The van der Waals surface area contributed by atoms with E-state index < -0.39 is 43.3 Å². The van der Waals surface area contributed by atoms with Crippen molar-refractivity contribution in [3.63, 3.8) is 0 Å². The maximum absolute atomic E-state index is 11.8. The summed E-state index contributed by atoms with van der Waals surface area (Å²) < 4.78 is 77.4. The average Bonchev–Trinajstić information content (AvgIpc) is 2.82. The lowest BCUT2D eigenvalue weighted by atomic mass is 10.3. The highest BCUT2D eigenvalue weighted by atomic mass is 32.2. The molecule has 1 heterocycles. The van der Waals surface area contributed by atoms with E-state index in [4.69, 9.17) is 0 Å². The Labute approximate surface area is 224 Å². The minimum absolute atomic E-state index is 0.0235. The van der Waals surface area contributed by atoms with E-state index in [1.807, 2.05) is 18.7 Å². The molecule has 3 rings (SSSR count). The van der Waals surface area contributed by atoms with E-state index >= 15 is 0 Å². The largest absolute Gasteiger partial charge is 0.356 e. The molecule has 18 heteroatoms. The van der Waals surface area contributed by atoms with Crippen molar-refractivity contribution in [2.45, 2.75) is 30.6 Å². The van der Waals surface area contributed by atoms with E-state index in [-0.39, 0.29) is 34.1 Å². The standard InChI is InChI=1S/C21H25N6O9PS2/c1-4-27(5-2)21-22-13(3)19(20(24-21)23-14-7-6-8-15(11-14)37(28,29)30)26-25-17-12-16(38(31,32)33)9-10-18(17)39(34,35)36/h6-12H,4-5H2,1-3H3,(H,22,23,24)(H2,28,29,30)(H,31,32,33)(H,34,35,36). The van der Waals surface area contributed by atoms with Crippen LogP contribution in [0.4, 0.5) is 28.8 Å². The molecule has 0 atom stereocenters. The summed E-state index contributed by atoms with van der Waals surface area (Å²) in [6.07, 6.45) is 0. The number of benzene rings is 2. The molecular weight excluding hydrogens is 575 g/mol. The van der Waals surface area contributed by atoms with Crippen LogP contribution in [0.3, 0.4) is 0 Å². The summed E-state index contributed by atoms with van der Waals surface area (Å²) in [7, 11) is -14.2. The molecule has 0 amide bonds. The first kappa shape index (κ1) is 30.2. The van der Waals surface area contributed by atoms with Gasteiger partial charge in [0.25, 0.3) is 20.2 Å². The van der Waals surface area contributed by atoms with E-state index in [1.165, 1.54) is 24.3 Å². The highest BCUT2D eigenvalue weighted by molar-refractivity contribution is 7.86. The molecule has 0 saturated carbocycles. The molecule has 0 radical (unpaired) electrons. The number of nitrogens with zero attached hydrogens (tertiary/aromatic N) is 5. The van der Waals surface area contributed by atoms with Crippen LogP contribution in [0, 0.1) is 6.92 Å². The van der Waals surface area contributed by atoms with E-state index in [1.54, 1.807) is 6.92 Å². The summed E-state index contributed by atoms with van der Waals surface area (Å²) in [5.41, 5.74) is -0.160. The van der Waals surface area contributed by atoms with Gasteiger partial charge in [0.1, 0.15) is 16.3 Å². The minimum Gasteiger partial charge on any atom is -0.341 e. The molecule has 0 fully saturated rings. The third-order valence-corrected chi connectivity index (χ3v) is 8.00. The smallest absolute Gasteiger partial charge is 0.341 e. The number of aromatic nitrogens is 2. The Hall–Kier alpha value is -3.31. The maximum atomic E-state index is 11.8. The van der Waals surface area contributed by atoms with Gasteiger partial charge in [-0.05, 0) is 57.2 Å². The molecule has 15 nitrogen and oxygen atoms in total. The molecule has 1 aromatic heterocycles. The molecule has 0 aliphatic heterocycles. The van der Waals surface area contributed by atoms with Crippen LogP contribution >= 0.6 is 7.60 Å². The Morgan fingerprint density at radius 3 is 2.18 bits per heavy atom. The summed E-state index contributed by atoms with van der Waals surface area (Å²) >= 11 is 0. The molecule has 0 aliphatic carbocycles. The Morgan fingerprint density at radius 1 is 0.949 bits per heavy atom. The summed E-state index contributed by atoms with van der Waals surface area (Å²) in [5, 5.41) is 10.5. The van der Waals surface area contributed by atoms with Crippen molar-refractivity contribution in [1.29, 1.82) is 0 Å². The van der Waals surface area contributed by atoms with Crippen molar-refractivity contribution in [2.75, 3.05) is 23.3 Å². The van der Waals surface area contributed by atoms with Crippen LogP contribution in [0.1, 0.15) is 19.5 Å². The second kappa shape index (κ2) is 11.4. The highest BCUT2D eigenvalue weighted by Crippen LogP contribution is 2.37. The average molecular weight is 601 g/mol. The Bertz CT molecular complexity index is 1690. The molecule has 210 valence electrons. The van der Waals surface area contributed by atoms with Gasteiger partial charge in [-0.2, -0.15) is 21.8 Å². The topological polar surface area (TPSA) is 232 Å². The third kappa shape index (κ3) is 7.42. The number of rotatable bonds is 10. The molecule has 0 aliphatic rings. The van der Waals surface area contributed by atoms with Gasteiger partial charge in [-0.15, -0.1) is 10.2 Å². The van der Waals surface area contributed by atoms with Crippen LogP contribution < -0.4 is 15.5 Å². The van der Waals surface area contributed by atoms with Crippen LogP contribution in [0.15, 0.2) is 62.5 Å². The second-order valence-electron chi connectivity index (χ2n) is 7.98. The van der Waals surface area contributed by atoms with E-state index in [0.29, 0.717) is 19.2 Å². The van der Waals surface area contributed by atoms with Crippen molar-refractivity contribution < 1.29 is 40.3 Å². The third-order valence-electron chi connectivity index (χ3n) is 5.30. The molecule has 2 aromatic carbocycles. The first-order valence-corrected chi connectivity index (χ1v) is 15.6. The van der Waals surface area contributed by atoms with Crippen molar-refractivity contribution >= 4 is 62.0 Å². The fourth-order valence-corrected chi connectivity index (χ4v) is 5.06. The van der Waals surface area contributed by atoms with Gasteiger partial charge in [0.15, 0.2) is 5.82 Å². The fourth-order valence-electron chi connectivity index (χ4n) is 3.37. The zero-order valence-corrected chi connectivity index (χ0v) is 23.3. The SMILES string of the molecule is CCN(CC)c1nc(C)c(N=Nc2cc(S(=O)(=O)O)ccc2S(=O)(=O)O)c(Nc2cccc(P(=O)(O)O)c2)n1. The normalized spacial score (nSPS) is 12.6. The number of nitrogens with one attached hydrogen (secondary N) is 1. The van der Waals surface area contributed by atoms with Gasteiger partial charge < -0.3 is 20.0 Å². The number of hydrogen-bond donors (Lipinski definition) is 5. The second-order valence-corrected chi connectivity index (χ2v) is 12.4. The molecule has 39 heavy (non-hydrogen) atoms. The van der Waals surface area contributed by atoms with Crippen molar-refractivity contribution in [3.8, 4) is 0 Å². The number of anilines is 3. The molecular formula is C21H25N6O9PS2. The van der Waals surface area contributed by atoms with Crippen molar-refractivity contribution in [2.24, 2.45) is 10.2 Å². The van der Waals surface area contributed by atoms with Crippen LogP contribution in [0.5, 0.6) is 0 Å². The Morgan fingerprint density at radius 2 is 1.62 bits per heavy atom. The predicted octanol–water partition coefficient (Wildman–Crippen LogP) is 3.09. The van der Waals surface area contributed by atoms with Gasteiger partial charge in [-0.3, -0.25) is 13.7 Å². The number of aryl methyl sites for hydroxylation is 1. The summed E-state index contributed by atoms with van der Waals surface area (Å²) in [6, 6.07) is 7.61. The van der Waals surface area contributed by atoms with Crippen LogP contribution in [0.25, 0.3) is 0 Å². The van der Waals surface area contributed by atoms with E-state index in [0.717, 1.165) is 12.1 Å². The Kier molecular flexibility index (Phi) is 8.86. The molecule has 0 saturated heterocycles. The maximum Gasteiger partial charge on any atom is 0.356 e. The first-order chi connectivity index (χ1) is 18.0. The summed E-state index contributed by atoms with van der Waals surface area (Å²) in [6.45, 7) is 6.41. The summed E-state index contributed by atoms with van der Waals surface area (Å²) in [4.78, 5) is 28.3. The van der Waals surface area contributed by atoms with Gasteiger partial charge >= 0.3 is 7.60 Å². The molecule has 3 aromatic rings. The highest BCUT2D eigenvalue weighted by Gasteiger charge is 2.22. The van der Waals surface area contributed by atoms with E-state index in [9.17, 15) is 40.3 Å². The zero-order valence-electron chi connectivity index (χ0n) is 20.8. The lowest BCUT2D eigenvalue weighted by molar-refractivity contribution is 0.387. The van der Waals surface area contributed by atoms with Gasteiger partial charge in [-0.1, -0.05) is 6.07 Å². The van der Waals surface area contributed by atoms with Crippen LogP contribution in [-0.4, -0.2) is 58.8 Å². The van der Waals surface area contributed by atoms with Gasteiger partial charge in [-0.25, -0.2) is 4.98 Å².